The first kappa shape index (κ1) is 13.6. The third-order valence-electron chi connectivity index (χ3n) is 3.49. The molecule has 0 aromatic rings. The molecule has 18 heavy (non-hydrogen) atoms. The highest BCUT2D eigenvalue weighted by Crippen LogP contribution is 2.54. The van der Waals surface area contributed by atoms with E-state index < -0.39 is 22.3 Å². The Bertz CT molecular complexity index is 412. The van der Waals surface area contributed by atoms with Crippen molar-refractivity contribution >= 4 is 23.6 Å². The molecule has 0 spiro atoms. The van der Waals surface area contributed by atoms with Crippen LogP contribution < -0.4 is 5.73 Å². The van der Waals surface area contributed by atoms with Gasteiger partial charge in [-0.1, -0.05) is 0 Å². The third-order valence-corrected chi connectivity index (χ3v) is 5.19. The van der Waals surface area contributed by atoms with Crippen molar-refractivity contribution in [2.75, 3.05) is 20.6 Å². The molecule has 0 saturated carbocycles. The van der Waals surface area contributed by atoms with Gasteiger partial charge in [0.25, 0.3) is 0 Å². The van der Waals surface area contributed by atoms with E-state index in [1.54, 1.807) is 0 Å². The smallest absolute Gasteiger partial charge is 0.327 e. The lowest BCUT2D eigenvalue weighted by atomic mass is 9.85. The van der Waals surface area contributed by atoms with Crippen LogP contribution >= 0.6 is 11.8 Å². The minimum atomic E-state index is -0.963. The molecule has 2 aliphatic rings. The molecule has 2 aliphatic heterocycles. The summed E-state index contributed by atoms with van der Waals surface area (Å²) in [7, 11) is 3.70. The van der Waals surface area contributed by atoms with Crippen LogP contribution in [-0.2, 0) is 9.59 Å². The summed E-state index contributed by atoms with van der Waals surface area (Å²) in [6, 6.07) is -0.793. The number of carbonyl (C=O) groups excluding carboxylic acids is 1. The van der Waals surface area contributed by atoms with Gasteiger partial charge in [-0.05, 0) is 27.9 Å². The van der Waals surface area contributed by atoms with Crippen LogP contribution in [0.3, 0.4) is 0 Å². The number of amides is 1. The number of carboxylic acids is 1. The molecule has 2 heterocycles. The maximum Gasteiger partial charge on any atom is 0.327 e. The Hall–Kier alpha value is -0.790. The summed E-state index contributed by atoms with van der Waals surface area (Å²) in [4.78, 5) is 26.8. The second-order valence-corrected chi connectivity index (χ2v) is 7.54. The summed E-state index contributed by atoms with van der Waals surface area (Å²) in [5.74, 6) is -1.22. The van der Waals surface area contributed by atoms with Gasteiger partial charge in [0.15, 0.2) is 0 Å². The molecule has 3 N–H and O–H groups in total. The molecule has 0 aromatic carbocycles. The van der Waals surface area contributed by atoms with Gasteiger partial charge in [0.05, 0.1) is 0 Å². The van der Waals surface area contributed by atoms with E-state index in [1.165, 1.54) is 16.7 Å². The number of hydrogen-bond donors (Lipinski definition) is 2. The molecule has 0 bridgehead atoms. The first-order valence-electron chi connectivity index (χ1n) is 5.78. The van der Waals surface area contributed by atoms with Crippen molar-refractivity contribution < 1.29 is 14.7 Å². The predicted molar refractivity (Wildman–Crippen MR) is 69.2 cm³/mol. The molecule has 6 nitrogen and oxygen atoms in total. The van der Waals surface area contributed by atoms with Crippen molar-refractivity contribution in [2.24, 2.45) is 5.73 Å². The molecule has 7 heteroatoms. The number of rotatable bonds is 3. The molecule has 0 aliphatic carbocycles. The zero-order chi connectivity index (χ0) is 13.9. The van der Waals surface area contributed by atoms with Crippen molar-refractivity contribution in [3.8, 4) is 0 Å². The third kappa shape index (κ3) is 1.64. The van der Waals surface area contributed by atoms with E-state index in [9.17, 15) is 14.7 Å². The number of nitrogens with zero attached hydrogens (tertiary/aromatic N) is 2. The highest BCUT2D eigenvalue weighted by molar-refractivity contribution is 8.01. The van der Waals surface area contributed by atoms with Gasteiger partial charge in [-0.25, -0.2) is 4.79 Å². The van der Waals surface area contributed by atoms with Crippen molar-refractivity contribution in [2.45, 2.75) is 35.5 Å². The molecule has 2 saturated heterocycles. The largest absolute Gasteiger partial charge is 0.480 e. The summed E-state index contributed by atoms with van der Waals surface area (Å²) < 4.78 is -0.514. The molecular weight excluding hydrogens is 254 g/mol. The SMILES string of the molecule is CN(C)CC1(N)C(=O)N2[C@@H](C(=O)O)C(C)(C)S[C@@H]21. The molecule has 1 unspecified atom stereocenters. The average Bonchev–Trinajstić information content (AvgIpc) is 2.47. The second-order valence-electron chi connectivity index (χ2n) is 5.81. The number of hydrogen-bond acceptors (Lipinski definition) is 5. The summed E-state index contributed by atoms with van der Waals surface area (Å²) >= 11 is 1.48. The summed E-state index contributed by atoms with van der Waals surface area (Å²) in [6.07, 6.45) is 0. The van der Waals surface area contributed by atoms with Crippen molar-refractivity contribution in [1.29, 1.82) is 0 Å². The highest BCUT2D eigenvalue weighted by atomic mass is 32.2. The van der Waals surface area contributed by atoms with Gasteiger partial charge in [-0.15, -0.1) is 11.8 Å². The normalized spacial score (nSPS) is 37.7. The summed E-state index contributed by atoms with van der Waals surface area (Å²) in [5, 5.41) is 9.04. The molecular formula is C11H19N3O3S. The lowest BCUT2D eigenvalue weighted by Crippen LogP contribution is -2.80. The van der Waals surface area contributed by atoms with Crippen molar-refractivity contribution in [1.82, 2.24) is 9.80 Å². The van der Waals surface area contributed by atoms with Crippen LogP contribution in [0.5, 0.6) is 0 Å². The number of thioether (sulfide) groups is 1. The monoisotopic (exact) mass is 273 g/mol. The van der Waals surface area contributed by atoms with Crippen LogP contribution in [0, 0.1) is 0 Å². The number of carbonyl (C=O) groups is 2. The van der Waals surface area contributed by atoms with Crippen LogP contribution in [0.15, 0.2) is 0 Å². The fraction of sp³-hybridized carbons (Fsp3) is 0.818. The first-order chi connectivity index (χ1) is 8.11. The van der Waals surface area contributed by atoms with Gasteiger partial charge in [0.1, 0.15) is 17.0 Å². The number of carboxylic acid groups (broad SMARTS) is 1. The zero-order valence-corrected chi connectivity index (χ0v) is 11.8. The van der Waals surface area contributed by atoms with E-state index >= 15 is 0 Å². The van der Waals surface area contributed by atoms with Crippen molar-refractivity contribution in [3.63, 3.8) is 0 Å². The topological polar surface area (TPSA) is 86.9 Å². The van der Waals surface area contributed by atoms with Crippen LogP contribution in [0.1, 0.15) is 13.8 Å². The van der Waals surface area contributed by atoms with Crippen LogP contribution in [-0.4, -0.2) is 69.1 Å². The maximum atomic E-state index is 12.2. The molecule has 2 fully saturated rings. The van der Waals surface area contributed by atoms with E-state index in [0.717, 1.165) is 0 Å². The number of likely N-dealkylation sites (N-methyl/N-ethyl adjacent to an activating group) is 1. The molecule has 102 valence electrons. The summed E-state index contributed by atoms with van der Waals surface area (Å²) in [6.45, 7) is 4.12. The molecule has 0 radical (unpaired) electrons. The first-order valence-corrected chi connectivity index (χ1v) is 6.66. The lowest BCUT2D eigenvalue weighted by molar-refractivity contribution is -0.166. The number of nitrogens with two attached hydrogens (primary N) is 1. The Kier molecular flexibility index (Phi) is 2.92. The Balaban J connectivity index is 2.29. The summed E-state index contributed by atoms with van der Waals surface area (Å²) in [5.41, 5.74) is 5.21. The number of fused-ring (bicyclic) bond motifs is 1. The fourth-order valence-corrected chi connectivity index (χ4v) is 4.46. The van der Waals surface area contributed by atoms with Crippen molar-refractivity contribution in [3.05, 3.63) is 0 Å². The lowest BCUT2D eigenvalue weighted by Gasteiger charge is -2.51. The Morgan fingerprint density at radius 3 is 2.56 bits per heavy atom. The van der Waals surface area contributed by atoms with Crippen LogP contribution in [0.25, 0.3) is 0 Å². The maximum absolute atomic E-state index is 12.2. The minimum Gasteiger partial charge on any atom is -0.480 e. The zero-order valence-electron chi connectivity index (χ0n) is 11.0. The van der Waals surface area contributed by atoms with Gasteiger partial charge in [0.2, 0.25) is 5.91 Å². The number of aliphatic carboxylic acids is 1. The predicted octanol–water partition coefficient (Wildman–Crippen LogP) is -0.608. The number of β-lactam (4-membered cyclic amide) rings is 1. The van der Waals surface area contributed by atoms with Gasteiger partial charge >= 0.3 is 5.97 Å². The van der Waals surface area contributed by atoms with Crippen LogP contribution in [0.2, 0.25) is 0 Å². The Labute approximate surface area is 110 Å². The second kappa shape index (κ2) is 3.85. The van der Waals surface area contributed by atoms with E-state index in [0.29, 0.717) is 6.54 Å². The molecule has 1 amide bonds. The highest BCUT2D eigenvalue weighted by Gasteiger charge is 2.69. The van der Waals surface area contributed by atoms with E-state index in [-0.39, 0.29) is 11.3 Å². The van der Waals surface area contributed by atoms with E-state index in [1.807, 2.05) is 32.8 Å². The van der Waals surface area contributed by atoms with Gasteiger partial charge < -0.3 is 20.6 Å². The van der Waals surface area contributed by atoms with E-state index in [2.05, 4.69) is 0 Å². The van der Waals surface area contributed by atoms with Gasteiger partial charge in [-0.3, -0.25) is 4.79 Å². The minimum absolute atomic E-state index is 0.247. The Morgan fingerprint density at radius 2 is 2.11 bits per heavy atom. The van der Waals surface area contributed by atoms with Gasteiger partial charge in [-0.2, -0.15) is 0 Å². The standard InChI is InChI=1S/C11H19N3O3S/c1-10(2)6(7(15)16)14-8(17)11(12,5-13(3)4)9(14)18-10/h6,9H,5,12H2,1-4H3,(H,15,16)/t6-,9+,11?/m0/s1. The molecule has 0 aromatic heterocycles. The van der Waals surface area contributed by atoms with E-state index in [4.69, 9.17) is 5.73 Å². The Morgan fingerprint density at radius 1 is 1.56 bits per heavy atom. The molecule has 2 rings (SSSR count). The fourth-order valence-electron chi connectivity index (χ4n) is 2.82. The molecule has 3 atom stereocenters. The quantitative estimate of drug-likeness (QED) is 0.667. The van der Waals surface area contributed by atoms with Gasteiger partial charge in [0, 0.05) is 11.3 Å². The average molecular weight is 273 g/mol. The van der Waals surface area contributed by atoms with Crippen LogP contribution in [0.4, 0.5) is 0 Å².